The van der Waals surface area contributed by atoms with Gasteiger partial charge in [-0.1, -0.05) is 6.07 Å². The third-order valence-electron chi connectivity index (χ3n) is 5.88. The minimum absolute atomic E-state index is 0.334. The van der Waals surface area contributed by atoms with E-state index in [1.54, 1.807) is 20.5 Å². The SMILES string of the molecule is COc1cccc(N2CCN(c3ncnc4c3[nH]c3ccc(OC)cc34)C[C@@H]2C)c1. The molecule has 4 aromatic rings. The Morgan fingerprint density at radius 2 is 1.83 bits per heavy atom. The first-order valence-electron chi connectivity index (χ1n) is 10.1. The van der Waals surface area contributed by atoms with Gasteiger partial charge in [-0.25, -0.2) is 9.97 Å². The molecule has 3 heterocycles. The monoisotopic (exact) mass is 403 g/mol. The molecule has 1 aliphatic heterocycles. The van der Waals surface area contributed by atoms with Crippen molar-refractivity contribution in [1.82, 2.24) is 15.0 Å². The van der Waals surface area contributed by atoms with Gasteiger partial charge in [0, 0.05) is 48.3 Å². The van der Waals surface area contributed by atoms with Crippen LogP contribution in [0.5, 0.6) is 11.5 Å². The van der Waals surface area contributed by atoms with E-state index in [-0.39, 0.29) is 0 Å². The summed E-state index contributed by atoms with van der Waals surface area (Å²) in [5, 5.41) is 1.05. The summed E-state index contributed by atoms with van der Waals surface area (Å²) < 4.78 is 10.8. The molecule has 0 aliphatic carbocycles. The van der Waals surface area contributed by atoms with Gasteiger partial charge in [0.2, 0.25) is 0 Å². The number of ether oxygens (including phenoxy) is 2. The number of piperazine rings is 1. The van der Waals surface area contributed by atoms with Crippen molar-refractivity contribution >= 4 is 33.4 Å². The van der Waals surface area contributed by atoms with Crippen LogP contribution < -0.4 is 19.3 Å². The van der Waals surface area contributed by atoms with Crippen molar-refractivity contribution in [3.8, 4) is 11.5 Å². The first-order valence-corrected chi connectivity index (χ1v) is 10.1. The van der Waals surface area contributed by atoms with E-state index in [0.717, 1.165) is 58.9 Å². The molecule has 0 bridgehead atoms. The van der Waals surface area contributed by atoms with Crippen LogP contribution in [0.4, 0.5) is 11.5 Å². The average Bonchev–Trinajstić information content (AvgIpc) is 3.17. The Hall–Kier alpha value is -3.48. The Morgan fingerprint density at radius 1 is 1.00 bits per heavy atom. The molecule has 1 atom stereocenters. The zero-order valence-corrected chi connectivity index (χ0v) is 17.4. The summed E-state index contributed by atoms with van der Waals surface area (Å²) in [4.78, 5) is 17.5. The number of rotatable bonds is 4. The number of nitrogens with zero attached hydrogens (tertiary/aromatic N) is 4. The number of hydrogen-bond donors (Lipinski definition) is 1. The lowest BCUT2D eigenvalue weighted by Crippen LogP contribution is -2.52. The number of nitrogens with one attached hydrogen (secondary N) is 1. The third kappa shape index (κ3) is 3.07. The van der Waals surface area contributed by atoms with Crippen molar-refractivity contribution < 1.29 is 9.47 Å². The molecule has 1 N–H and O–H groups in total. The Morgan fingerprint density at radius 3 is 2.63 bits per heavy atom. The highest BCUT2D eigenvalue weighted by atomic mass is 16.5. The zero-order valence-electron chi connectivity index (χ0n) is 17.4. The standard InChI is InChI=1S/C23H25N5O2/c1-15-13-27(9-10-28(15)16-5-4-6-17(11-16)29-2)23-22-21(24-14-25-23)19-12-18(30-3)7-8-20(19)26-22/h4-8,11-12,14-15,26H,9-10,13H2,1-3H3/t15-/m0/s1. The quantitative estimate of drug-likeness (QED) is 0.558. The van der Waals surface area contributed by atoms with Gasteiger partial charge in [0.05, 0.1) is 14.2 Å². The molecule has 30 heavy (non-hydrogen) atoms. The van der Waals surface area contributed by atoms with Crippen LogP contribution in [0.15, 0.2) is 48.8 Å². The van der Waals surface area contributed by atoms with Gasteiger partial charge in [-0.3, -0.25) is 0 Å². The molecular weight excluding hydrogens is 378 g/mol. The van der Waals surface area contributed by atoms with Gasteiger partial charge in [-0.05, 0) is 37.3 Å². The Balaban J connectivity index is 1.46. The topological polar surface area (TPSA) is 66.5 Å². The van der Waals surface area contributed by atoms with Gasteiger partial charge < -0.3 is 24.3 Å². The first kappa shape index (κ1) is 18.5. The molecule has 5 rings (SSSR count). The van der Waals surface area contributed by atoms with Crippen molar-refractivity contribution in [3.63, 3.8) is 0 Å². The molecule has 0 spiro atoms. The van der Waals surface area contributed by atoms with E-state index in [4.69, 9.17) is 9.47 Å². The number of hydrogen-bond acceptors (Lipinski definition) is 6. The van der Waals surface area contributed by atoms with E-state index >= 15 is 0 Å². The second-order valence-electron chi connectivity index (χ2n) is 7.65. The molecule has 0 unspecified atom stereocenters. The second kappa shape index (κ2) is 7.40. The minimum Gasteiger partial charge on any atom is -0.497 e. The van der Waals surface area contributed by atoms with Crippen LogP contribution in [-0.4, -0.2) is 54.8 Å². The van der Waals surface area contributed by atoms with Gasteiger partial charge in [0.15, 0.2) is 5.82 Å². The van der Waals surface area contributed by atoms with Crippen molar-refractivity contribution in [1.29, 1.82) is 0 Å². The lowest BCUT2D eigenvalue weighted by Gasteiger charge is -2.41. The van der Waals surface area contributed by atoms with E-state index in [1.165, 1.54) is 5.69 Å². The molecule has 1 fully saturated rings. The molecule has 0 radical (unpaired) electrons. The van der Waals surface area contributed by atoms with Crippen LogP contribution in [0, 0.1) is 0 Å². The fourth-order valence-electron chi connectivity index (χ4n) is 4.35. The maximum Gasteiger partial charge on any atom is 0.156 e. The van der Waals surface area contributed by atoms with Crippen LogP contribution in [0.25, 0.3) is 21.9 Å². The van der Waals surface area contributed by atoms with Crippen molar-refractivity contribution in [2.45, 2.75) is 13.0 Å². The number of methoxy groups -OCH3 is 2. The summed E-state index contributed by atoms with van der Waals surface area (Å²) in [6.45, 7) is 4.92. The molecule has 1 saturated heterocycles. The predicted octanol–water partition coefficient (Wildman–Crippen LogP) is 3.84. The van der Waals surface area contributed by atoms with Crippen molar-refractivity contribution in [3.05, 3.63) is 48.8 Å². The molecule has 2 aromatic carbocycles. The highest BCUT2D eigenvalue weighted by molar-refractivity contribution is 6.08. The third-order valence-corrected chi connectivity index (χ3v) is 5.88. The van der Waals surface area contributed by atoms with E-state index in [1.807, 2.05) is 30.3 Å². The number of benzene rings is 2. The molecule has 2 aromatic heterocycles. The van der Waals surface area contributed by atoms with E-state index in [0.29, 0.717) is 6.04 Å². The molecule has 7 heteroatoms. The lowest BCUT2D eigenvalue weighted by atomic mass is 10.1. The molecule has 154 valence electrons. The van der Waals surface area contributed by atoms with Crippen LogP contribution >= 0.6 is 0 Å². The average molecular weight is 403 g/mol. The number of fused-ring (bicyclic) bond motifs is 3. The maximum atomic E-state index is 5.40. The van der Waals surface area contributed by atoms with E-state index in [9.17, 15) is 0 Å². The highest BCUT2D eigenvalue weighted by Crippen LogP contribution is 2.33. The minimum atomic E-state index is 0.334. The Kier molecular flexibility index (Phi) is 4.58. The number of aromatic amines is 1. The summed E-state index contributed by atoms with van der Waals surface area (Å²) in [6.07, 6.45) is 1.66. The Bertz CT molecular complexity index is 1200. The van der Waals surface area contributed by atoms with E-state index in [2.05, 4.69) is 43.8 Å². The smallest absolute Gasteiger partial charge is 0.156 e. The van der Waals surface area contributed by atoms with Crippen LogP contribution in [0.2, 0.25) is 0 Å². The van der Waals surface area contributed by atoms with Crippen LogP contribution in [0.1, 0.15) is 6.92 Å². The van der Waals surface area contributed by atoms with Gasteiger partial charge in [-0.15, -0.1) is 0 Å². The number of aromatic nitrogens is 3. The summed E-state index contributed by atoms with van der Waals surface area (Å²) in [6, 6.07) is 14.6. The number of H-pyrrole nitrogens is 1. The Labute approximate surface area is 175 Å². The van der Waals surface area contributed by atoms with Crippen LogP contribution in [0.3, 0.4) is 0 Å². The first-order chi connectivity index (χ1) is 14.7. The summed E-state index contributed by atoms with van der Waals surface area (Å²) in [5.41, 5.74) is 4.13. The predicted molar refractivity (Wildman–Crippen MR) is 120 cm³/mol. The fraction of sp³-hybridized carbons (Fsp3) is 0.304. The maximum absolute atomic E-state index is 5.40. The van der Waals surface area contributed by atoms with Crippen molar-refractivity contribution in [2.75, 3.05) is 43.7 Å². The molecular formula is C23H25N5O2. The van der Waals surface area contributed by atoms with Crippen molar-refractivity contribution in [2.24, 2.45) is 0 Å². The largest absolute Gasteiger partial charge is 0.497 e. The lowest BCUT2D eigenvalue weighted by molar-refractivity contribution is 0.414. The zero-order chi connectivity index (χ0) is 20.7. The van der Waals surface area contributed by atoms with Crippen LogP contribution in [-0.2, 0) is 0 Å². The fourth-order valence-corrected chi connectivity index (χ4v) is 4.35. The summed E-state index contributed by atoms with van der Waals surface area (Å²) in [7, 11) is 3.39. The molecule has 0 saturated carbocycles. The normalized spacial score (nSPS) is 17.0. The number of anilines is 2. The molecule has 7 nitrogen and oxygen atoms in total. The van der Waals surface area contributed by atoms with Gasteiger partial charge in [-0.2, -0.15) is 0 Å². The van der Waals surface area contributed by atoms with Gasteiger partial charge in [0.1, 0.15) is 28.9 Å². The summed E-state index contributed by atoms with van der Waals surface area (Å²) in [5.74, 6) is 2.66. The molecule has 1 aliphatic rings. The highest BCUT2D eigenvalue weighted by Gasteiger charge is 2.27. The van der Waals surface area contributed by atoms with E-state index < -0.39 is 0 Å². The van der Waals surface area contributed by atoms with Gasteiger partial charge in [0.25, 0.3) is 0 Å². The molecule has 0 amide bonds. The second-order valence-corrected chi connectivity index (χ2v) is 7.65. The van der Waals surface area contributed by atoms with Gasteiger partial charge >= 0.3 is 0 Å². The summed E-state index contributed by atoms with van der Waals surface area (Å²) >= 11 is 0.